The van der Waals surface area contributed by atoms with E-state index < -0.39 is 126 Å². The van der Waals surface area contributed by atoms with Crippen LogP contribution in [0.2, 0.25) is 0 Å². The third-order valence-electron chi connectivity index (χ3n) is 13.8. The molecule has 0 amide bonds. The van der Waals surface area contributed by atoms with Gasteiger partial charge in [0.25, 0.3) is 0 Å². The number of epoxide rings is 1. The van der Waals surface area contributed by atoms with Crippen LogP contribution >= 0.6 is 0 Å². The average molecular weight is 1230 g/mol. The van der Waals surface area contributed by atoms with E-state index in [-0.39, 0.29) is 75.2 Å². The highest BCUT2D eigenvalue weighted by atomic mass is 32.3. The maximum atomic E-state index is 13.1. The van der Waals surface area contributed by atoms with Crippen molar-refractivity contribution in [2.75, 3.05) is 6.54 Å². The van der Waals surface area contributed by atoms with Crippen molar-refractivity contribution in [3.05, 3.63) is 145 Å². The molecule has 0 aromatic carbocycles. The first kappa shape index (κ1) is 78.7. The summed E-state index contributed by atoms with van der Waals surface area (Å²) >= 11 is 0. The SMILES string of the molecule is C\C(=C/C=C/C=C/CC/C=C/C(C)C(O)C(C)C(O)/C=C/C=C/C=C/C=C/C=C/C=C/CC(OS(=O)(=O)O)C(C)C(=O)CC(O)CC(O)/C=C/CC(O)CC(O)CC(O)/C=C/CC(O)CC(O)C1OC1CC(O)CC(O)CCCN=C(N)N)C(=O)O. The molecule has 0 aromatic heterocycles. The van der Waals surface area contributed by atoms with Gasteiger partial charge >= 0.3 is 16.4 Å². The van der Waals surface area contributed by atoms with Crippen molar-refractivity contribution in [2.24, 2.45) is 34.2 Å². The number of hydrogen-bond donors (Lipinski definition) is 15. The quantitative estimate of drug-likeness (QED) is 0.00591. The van der Waals surface area contributed by atoms with Gasteiger partial charge in [0.1, 0.15) is 11.9 Å². The maximum Gasteiger partial charge on any atom is 0.397 e. The van der Waals surface area contributed by atoms with Crippen molar-refractivity contribution in [1.82, 2.24) is 0 Å². The molecule has 23 heteroatoms. The molecule has 1 saturated heterocycles. The van der Waals surface area contributed by atoms with Gasteiger partial charge in [-0.15, -0.1) is 0 Å². The Balaban J connectivity index is 2.45. The van der Waals surface area contributed by atoms with Crippen molar-refractivity contribution in [2.45, 2.75) is 203 Å². The Hall–Kier alpha value is -5.32. The number of guanidine groups is 1. The molecule has 1 aliphatic heterocycles. The Labute approximate surface area is 508 Å². The van der Waals surface area contributed by atoms with E-state index in [9.17, 15) is 78.7 Å². The van der Waals surface area contributed by atoms with Crippen molar-refractivity contribution in [3.63, 3.8) is 0 Å². The number of carbonyl (C=O) groups excluding carboxylic acids is 1. The number of hydrogen-bond acceptors (Lipinski definition) is 18. The van der Waals surface area contributed by atoms with Crippen LogP contribution in [0.4, 0.5) is 0 Å². The summed E-state index contributed by atoms with van der Waals surface area (Å²) in [5, 5.41) is 124. The summed E-state index contributed by atoms with van der Waals surface area (Å²) in [7, 11) is -4.96. The first-order valence-corrected chi connectivity index (χ1v) is 30.6. The molecule has 0 aromatic rings. The zero-order valence-electron chi connectivity index (χ0n) is 50.0. The van der Waals surface area contributed by atoms with Crippen LogP contribution in [0.5, 0.6) is 0 Å². The predicted molar refractivity (Wildman–Crippen MR) is 331 cm³/mol. The van der Waals surface area contributed by atoms with Crippen LogP contribution in [-0.4, -0.2) is 184 Å². The summed E-state index contributed by atoms with van der Waals surface area (Å²) < 4.78 is 42.9. The highest BCUT2D eigenvalue weighted by molar-refractivity contribution is 7.80. The molecule has 1 heterocycles. The minimum atomic E-state index is -4.96. The molecule has 1 aliphatic rings. The lowest BCUT2D eigenvalue weighted by molar-refractivity contribution is -0.132. The van der Waals surface area contributed by atoms with E-state index >= 15 is 0 Å². The van der Waals surface area contributed by atoms with E-state index in [2.05, 4.69) is 4.99 Å². The molecule has 0 bridgehead atoms. The van der Waals surface area contributed by atoms with E-state index in [4.69, 9.17) is 25.5 Å². The van der Waals surface area contributed by atoms with Crippen LogP contribution in [0.1, 0.15) is 118 Å². The molecule has 17 unspecified atom stereocenters. The molecule has 486 valence electrons. The van der Waals surface area contributed by atoms with Gasteiger partial charge in [-0.05, 0) is 64.7 Å². The van der Waals surface area contributed by atoms with Crippen LogP contribution in [-0.2, 0) is 28.9 Å². The van der Waals surface area contributed by atoms with Crippen molar-refractivity contribution in [1.29, 1.82) is 0 Å². The maximum absolute atomic E-state index is 13.1. The number of aliphatic hydroxyl groups is 11. The fraction of sp³-hybridized carbons (Fsp3) is 0.571. The second-order valence-electron chi connectivity index (χ2n) is 21.7. The molecule has 17 atom stereocenters. The molecule has 86 heavy (non-hydrogen) atoms. The summed E-state index contributed by atoms with van der Waals surface area (Å²) in [6.07, 6.45) is 26.8. The van der Waals surface area contributed by atoms with Crippen LogP contribution in [0.15, 0.2) is 150 Å². The Morgan fingerprint density at radius 2 is 1.14 bits per heavy atom. The third kappa shape index (κ3) is 40.2. The lowest BCUT2D eigenvalue weighted by atomic mass is 9.88. The molecule has 0 aliphatic carbocycles. The summed E-state index contributed by atoms with van der Waals surface area (Å²) in [5.74, 6) is -3.30. The van der Waals surface area contributed by atoms with Gasteiger partial charge in [-0.1, -0.05) is 161 Å². The van der Waals surface area contributed by atoms with Gasteiger partial charge in [0.15, 0.2) is 5.96 Å². The summed E-state index contributed by atoms with van der Waals surface area (Å²) in [4.78, 5) is 27.7. The summed E-state index contributed by atoms with van der Waals surface area (Å²) in [6.45, 7) is 6.92. The molecule has 0 saturated carbocycles. The molecule has 0 spiro atoms. The molecule has 1 fully saturated rings. The number of aliphatic hydroxyl groups excluding tert-OH is 11. The molecular formula is C63H99N3O19S. The average Bonchev–Trinajstić information content (AvgIpc) is 2.30. The fourth-order valence-corrected chi connectivity index (χ4v) is 9.25. The number of aliphatic imine (C=N–C) groups is 1. The number of carboxylic acid groups (broad SMARTS) is 1. The number of nitrogens with zero attached hydrogens (tertiary/aromatic N) is 1. The van der Waals surface area contributed by atoms with Gasteiger partial charge in [0.05, 0.1) is 79.4 Å². The highest BCUT2D eigenvalue weighted by Gasteiger charge is 2.45. The summed E-state index contributed by atoms with van der Waals surface area (Å²) in [5.41, 5.74) is 10.8. The standard InChI is InChI=1S/C63H99N3O19S/c1-43(26-19-15-11-10-12-16-20-27-44(2)62(79)80)60(78)46(4)55(75)33-21-17-13-8-6-5-7-9-14-18-22-34-58(85-86(81,82)83)45(3)56(76)41-53(73)38-49(69)29-23-28-47(67)36-52(72)37-48(68)30-24-31-51(71)40-57(77)61-59(84-61)42-54(74)39-50(70)32-25-35-66-63(64)65/h5-10,12-14,16-24,26-27,29-30,33,43,45-55,57-61,67-75,77-78H,11,15,25,28,31-32,34-42H2,1-4H3,(H,79,80)(H4,64,65,66)(H,81,82,83)/b7-5+,8-6+,12-10+,14-9+,17-13+,20-16+,22-18+,26-19+,29-23+,30-24+,33-21+,44-27+. The minimum absolute atomic E-state index is 0.00125. The largest absolute Gasteiger partial charge is 0.478 e. The molecular weight excluding hydrogens is 1130 g/mol. The normalized spacial score (nSPS) is 21.1. The highest BCUT2D eigenvalue weighted by Crippen LogP contribution is 2.33. The molecule has 0 radical (unpaired) electrons. The van der Waals surface area contributed by atoms with E-state index in [0.717, 1.165) is 12.8 Å². The molecule has 1 rings (SSSR count). The Morgan fingerprint density at radius 3 is 1.73 bits per heavy atom. The number of ether oxygens (including phenoxy) is 1. The zero-order chi connectivity index (χ0) is 64.6. The minimum Gasteiger partial charge on any atom is -0.478 e. The van der Waals surface area contributed by atoms with Gasteiger partial charge < -0.3 is 77.5 Å². The number of rotatable bonds is 47. The number of unbranched alkanes of at least 4 members (excludes halogenated alkanes) is 1. The number of Topliss-reactive ketones (excluding diaryl/α,β-unsaturated/α-hetero) is 1. The lowest BCUT2D eigenvalue weighted by Gasteiger charge is -2.25. The number of carbonyl (C=O) groups is 2. The van der Waals surface area contributed by atoms with E-state index in [1.165, 1.54) is 50.3 Å². The van der Waals surface area contributed by atoms with Crippen LogP contribution in [0.3, 0.4) is 0 Å². The molecule has 17 N–H and O–H groups in total. The Bertz CT molecular complexity index is 2450. The number of nitrogens with two attached hydrogens (primary N) is 2. The number of aliphatic carboxylic acids is 1. The van der Waals surface area contributed by atoms with Crippen LogP contribution < -0.4 is 11.5 Å². The topological polar surface area (TPSA) is 417 Å². The smallest absolute Gasteiger partial charge is 0.397 e. The third-order valence-corrected chi connectivity index (χ3v) is 14.3. The first-order valence-electron chi connectivity index (χ1n) is 29.2. The zero-order valence-corrected chi connectivity index (χ0v) is 50.8. The fourth-order valence-electron chi connectivity index (χ4n) is 8.69. The van der Waals surface area contributed by atoms with Crippen molar-refractivity contribution in [3.8, 4) is 0 Å². The lowest BCUT2D eigenvalue weighted by Crippen LogP contribution is -2.32. The van der Waals surface area contributed by atoms with Crippen LogP contribution in [0.25, 0.3) is 0 Å². The van der Waals surface area contributed by atoms with E-state index in [1.54, 1.807) is 85.9 Å². The van der Waals surface area contributed by atoms with E-state index in [1.807, 2.05) is 31.2 Å². The first-order chi connectivity index (χ1) is 40.6. The van der Waals surface area contributed by atoms with Gasteiger partial charge in [-0.2, -0.15) is 8.42 Å². The number of ketones is 1. The van der Waals surface area contributed by atoms with Gasteiger partial charge in [0.2, 0.25) is 0 Å². The molecule has 22 nitrogen and oxygen atoms in total. The van der Waals surface area contributed by atoms with Gasteiger partial charge in [0, 0.05) is 62.0 Å². The van der Waals surface area contributed by atoms with Gasteiger partial charge in [-0.25, -0.2) is 8.98 Å². The summed E-state index contributed by atoms with van der Waals surface area (Å²) in [6, 6.07) is 0. The van der Waals surface area contributed by atoms with Crippen molar-refractivity contribution < 1.29 is 92.8 Å². The van der Waals surface area contributed by atoms with Crippen LogP contribution in [0, 0.1) is 17.8 Å². The second-order valence-corrected chi connectivity index (χ2v) is 22.8. The Morgan fingerprint density at radius 1 is 0.605 bits per heavy atom. The second kappa shape index (κ2) is 45.0. The number of allylic oxidation sites excluding steroid dienone is 16. The predicted octanol–water partition coefficient (Wildman–Crippen LogP) is 4.27. The van der Waals surface area contributed by atoms with E-state index in [0.29, 0.717) is 19.4 Å². The number of carboxylic acids is 1. The Kier molecular flexibility index (Phi) is 41.2. The van der Waals surface area contributed by atoms with Crippen molar-refractivity contribution >= 4 is 28.1 Å². The monoisotopic (exact) mass is 1230 g/mol. The van der Waals surface area contributed by atoms with Gasteiger partial charge in [-0.3, -0.25) is 14.3 Å².